The lowest BCUT2D eigenvalue weighted by atomic mass is 10.2. The number of hydrogen-bond donors (Lipinski definition) is 2. The molecule has 0 saturated heterocycles. The molecule has 3 N–H and O–H groups in total. The van der Waals surface area contributed by atoms with Crippen LogP contribution in [0.15, 0.2) is 59.8 Å². The van der Waals surface area contributed by atoms with E-state index in [9.17, 15) is 9.18 Å². The number of halogens is 1. The van der Waals surface area contributed by atoms with Crippen molar-refractivity contribution in [3.05, 3.63) is 66.0 Å². The van der Waals surface area contributed by atoms with Crippen molar-refractivity contribution in [3.63, 3.8) is 0 Å². The van der Waals surface area contributed by atoms with Gasteiger partial charge in [0, 0.05) is 6.54 Å². The van der Waals surface area contributed by atoms with Gasteiger partial charge in [-0.15, -0.1) is 0 Å². The van der Waals surface area contributed by atoms with Gasteiger partial charge in [0.2, 0.25) is 0 Å². The van der Waals surface area contributed by atoms with E-state index < -0.39 is 0 Å². The van der Waals surface area contributed by atoms with Crippen LogP contribution in [0, 0.1) is 5.82 Å². The Hall–Kier alpha value is -3.09. The highest BCUT2D eigenvalue weighted by Crippen LogP contribution is 2.07. The fraction of sp³-hybridized carbons (Fsp3) is 0.176. The molecule has 0 bridgehead atoms. The lowest BCUT2D eigenvalue weighted by Gasteiger charge is -2.06. The Morgan fingerprint density at radius 3 is 2.50 bits per heavy atom. The van der Waals surface area contributed by atoms with Crippen molar-refractivity contribution in [2.24, 2.45) is 10.9 Å². The van der Waals surface area contributed by atoms with Crippen molar-refractivity contribution < 1.29 is 18.8 Å². The van der Waals surface area contributed by atoms with E-state index in [0.717, 1.165) is 5.56 Å². The fourth-order valence-corrected chi connectivity index (χ4v) is 1.73. The maximum atomic E-state index is 12.8. The summed E-state index contributed by atoms with van der Waals surface area (Å²) in [7, 11) is 0. The number of benzene rings is 2. The summed E-state index contributed by atoms with van der Waals surface area (Å²) >= 11 is 0. The Kier molecular flexibility index (Phi) is 6.58. The number of para-hydroxylation sites is 1. The zero-order valence-electron chi connectivity index (χ0n) is 12.9. The number of nitrogens with one attached hydrogen (secondary N) is 1. The van der Waals surface area contributed by atoms with Crippen LogP contribution in [-0.4, -0.2) is 25.0 Å². The van der Waals surface area contributed by atoms with Crippen molar-refractivity contribution in [2.45, 2.75) is 6.54 Å². The van der Waals surface area contributed by atoms with E-state index in [1.165, 1.54) is 12.1 Å². The molecule has 0 spiro atoms. The van der Waals surface area contributed by atoms with Gasteiger partial charge in [0.25, 0.3) is 5.91 Å². The third-order valence-electron chi connectivity index (χ3n) is 2.91. The highest BCUT2D eigenvalue weighted by Gasteiger charge is 2.03. The molecule has 6 nitrogen and oxygen atoms in total. The number of amidine groups is 1. The molecule has 2 rings (SSSR count). The van der Waals surface area contributed by atoms with Crippen LogP contribution in [0.25, 0.3) is 0 Å². The SMILES string of the molecule is N/C(COc1ccccc1)=N\OCC(=O)NCc1ccc(F)cc1. The molecule has 1 amide bonds. The van der Waals surface area contributed by atoms with E-state index in [0.29, 0.717) is 5.75 Å². The molecular weight excluding hydrogens is 313 g/mol. The number of nitrogens with zero attached hydrogens (tertiary/aromatic N) is 1. The monoisotopic (exact) mass is 331 g/mol. The maximum Gasteiger partial charge on any atom is 0.261 e. The minimum atomic E-state index is -0.361. The van der Waals surface area contributed by atoms with Gasteiger partial charge in [0.1, 0.15) is 18.2 Å². The second kappa shape index (κ2) is 9.14. The molecule has 24 heavy (non-hydrogen) atoms. The molecule has 0 radical (unpaired) electrons. The largest absolute Gasteiger partial charge is 0.486 e. The van der Waals surface area contributed by atoms with Gasteiger partial charge in [-0.2, -0.15) is 0 Å². The Labute approximate surface area is 139 Å². The number of amides is 1. The number of rotatable bonds is 8. The Morgan fingerprint density at radius 2 is 1.79 bits per heavy atom. The number of oxime groups is 1. The number of carbonyl (C=O) groups is 1. The van der Waals surface area contributed by atoms with Gasteiger partial charge in [-0.25, -0.2) is 4.39 Å². The summed E-state index contributed by atoms with van der Waals surface area (Å²) < 4.78 is 18.1. The predicted molar refractivity (Wildman–Crippen MR) is 87.8 cm³/mol. The Bertz CT molecular complexity index is 675. The summed E-state index contributed by atoms with van der Waals surface area (Å²) in [6, 6.07) is 15.0. The van der Waals surface area contributed by atoms with Crippen molar-refractivity contribution >= 4 is 11.7 Å². The van der Waals surface area contributed by atoms with Crippen molar-refractivity contribution in [1.29, 1.82) is 0 Å². The van der Waals surface area contributed by atoms with Gasteiger partial charge < -0.3 is 20.6 Å². The fourth-order valence-electron chi connectivity index (χ4n) is 1.73. The number of nitrogens with two attached hydrogens (primary N) is 1. The smallest absolute Gasteiger partial charge is 0.261 e. The highest BCUT2D eigenvalue weighted by atomic mass is 19.1. The summed E-state index contributed by atoms with van der Waals surface area (Å²) in [5, 5.41) is 6.23. The van der Waals surface area contributed by atoms with E-state index in [4.69, 9.17) is 15.3 Å². The minimum Gasteiger partial charge on any atom is -0.486 e. The van der Waals surface area contributed by atoms with Crippen LogP contribution in [-0.2, 0) is 16.2 Å². The molecule has 0 aliphatic carbocycles. The first kappa shape index (κ1) is 17.3. The quantitative estimate of drug-likeness (QED) is 0.439. The van der Waals surface area contributed by atoms with E-state index >= 15 is 0 Å². The molecule has 126 valence electrons. The molecule has 0 atom stereocenters. The van der Waals surface area contributed by atoms with Crippen LogP contribution in [0.2, 0.25) is 0 Å². The molecule has 2 aromatic rings. The van der Waals surface area contributed by atoms with Crippen LogP contribution in [0.3, 0.4) is 0 Å². The summed E-state index contributed by atoms with van der Waals surface area (Å²) in [5.41, 5.74) is 6.40. The normalized spacial score (nSPS) is 11.0. The lowest BCUT2D eigenvalue weighted by molar-refractivity contribution is -0.125. The standard InChI is InChI=1S/C17H18FN3O3/c18-14-8-6-13(7-9-14)10-20-17(22)12-24-21-16(19)11-23-15-4-2-1-3-5-15/h1-9H,10-12H2,(H2,19,21)(H,20,22). The van der Waals surface area contributed by atoms with E-state index in [1.807, 2.05) is 18.2 Å². The molecule has 0 aromatic heterocycles. The van der Waals surface area contributed by atoms with Gasteiger partial charge in [0.05, 0.1) is 0 Å². The van der Waals surface area contributed by atoms with Crippen LogP contribution in [0.1, 0.15) is 5.56 Å². The zero-order chi connectivity index (χ0) is 17.2. The van der Waals surface area contributed by atoms with Crippen LogP contribution in [0.4, 0.5) is 4.39 Å². The first-order valence-corrected chi connectivity index (χ1v) is 7.27. The number of ether oxygens (including phenoxy) is 1. The summed E-state index contributed by atoms with van der Waals surface area (Å²) in [5.74, 6) is 0.0914. The van der Waals surface area contributed by atoms with Crippen molar-refractivity contribution in [1.82, 2.24) is 5.32 Å². The molecule has 0 unspecified atom stereocenters. The molecule has 2 aromatic carbocycles. The van der Waals surface area contributed by atoms with Gasteiger partial charge in [-0.05, 0) is 29.8 Å². The van der Waals surface area contributed by atoms with Gasteiger partial charge in [-0.3, -0.25) is 4.79 Å². The second-order valence-electron chi connectivity index (χ2n) is 4.86. The zero-order valence-corrected chi connectivity index (χ0v) is 12.9. The first-order chi connectivity index (χ1) is 11.6. The van der Waals surface area contributed by atoms with Gasteiger partial charge in [0.15, 0.2) is 12.4 Å². The molecular formula is C17H18FN3O3. The molecule has 0 aliphatic heterocycles. The van der Waals surface area contributed by atoms with Crippen LogP contribution < -0.4 is 15.8 Å². The topological polar surface area (TPSA) is 85.9 Å². The maximum absolute atomic E-state index is 12.8. The molecule has 0 saturated carbocycles. The van der Waals surface area contributed by atoms with Gasteiger partial charge in [-0.1, -0.05) is 35.5 Å². The summed E-state index contributed by atoms with van der Waals surface area (Å²) in [6.07, 6.45) is 0. The minimum absolute atomic E-state index is 0.0568. The van der Waals surface area contributed by atoms with E-state index in [2.05, 4.69) is 10.5 Å². The average molecular weight is 331 g/mol. The Morgan fingerprint density at radius 1 is 1.08 bits per heavy atom. The molecule has 0 fully saturated rings. The molecule has 0 aliphatic rings. The summed E-state index contributed by atoms with van der Waals surface area (Å²) in [4.78, 5) is 16.5. The predicted octanol–water partition coefficient (Wildman–Crippen LogP) is 1.81. The third-order valence-corrected chi connectivity index (χ3v) is 2.91. The molecule has 7 heteroatoms. The van der Waals surface area contributed by atoms with E-state index in [-0.39, 0.29) is 37.3 Å². The van der Waals surface area contributed by atoms with E-state index in [1.54, 1.807) is 24.3 Å². The van der Waals surface area contributed by atoms with Crippen LogP contribution in [0.5, 0.6) is 5.75 Å². The number of hydrogen-bond acceptors (Lipinski definition) is 4. The molecule has 0 heterocycles. The highest BCUT2D eigenvalue weighted by molar-refractivity contribution is 5.81. The average Bonchev–Trinajstić information content (AvgIpc) is 2.60. The summed E-state index contributed by atoms with van der Waals surface area (Å²) in [6.45, 7) is 0.0627. The second-order valence-corrected chi connectivity index (χ2v) is 4.86. The van der Waals surface area contributed by atoms with Crippen molar-refractivity contribution in [3.8, 4) is 5.75 Å². The lowest BCUT2D eigenvalue weighted by Crippen LogP contribution is -2.27. The Balaban J connectivity index is 1.64. The van der Waals surface area contributed by atoms with Crippen molar-refractivity contribution in [2.75, 3.05) is 13.2 Å². The first-order valence-electron chi connectivity index (χ1n) is 7.27. The van der Waals surface area contributed by atoms with Crippen LogP contribution >= 0.6 is 0 Å². The van der Waals surface area contributed by atoms with Gasteiger partial charge >= 0.3 is 0 Å². The third kappa shape index (κ3) is 6.35. The number of carbonyl (C=O) groups excluding carboxylic acids is 1.